The first-order valence-corrected chi connectivity index (χ1v) is 10.1. The summed E-state index contributed by atoms with van der Waals surface area (Å²) in [5.74, 6) is 0.718. The minimum absolute atomic E-state index is 0.0953. The van der Waals surface area contributed by atoms with Crippen molar-refractivity contribution >= 4 is 0 Å². The van der Waals surface area contributed by atoms with E-state index in [1.807, 2.05) is 0 Å². The molecule has 0 saturated carbocycles. The number of hydrogen-bond donors (Lipinski definition) is 1. The molecule has 3 heteroatoms. The highest BCUT2D eigenvalue weighted by Crippen LogP contribution is 2.19. The van der Waals surface area contributed by atoms with Crippen molar-refractivity contribution in [2.45, 2.75) is 90.9 Å². The predicted octanol–water partition coefficient (Wildman–Crippen LogP) is 5.35. The fraction of sp³-hybridized carbons (Fsp3) is 1.00. The number of aliphatic hydroxyl groups excluding tert-OH is 1. The van der Waals surface area contributed by atoms with Crippen molar-refractivity contribution in [2.24, 2.45) is 5.92 Å². The van der Waals surface area contributed by atoms with Crippen molar-refractivity contribution in [3.05, 3.63) is 0 Å². The van der Waals surface area contributed by atoms with Gasteiger partial charge in [-0.15, -0.1) is 0 Å². The number of aliphatic hydroxyl groups is 1. The van der Waals surface area contributed by atoms with E-state index in [-0.39, 0.29) is 6.61 Å². The van der Waals surface area contributed by atoms with Gasteiger partial charge in [-0.1, -0.05) is 78.1 Å². The standard InChI is InChI=1S/C20H42O3/c1-3-5-7-9-10-12-14-20(13-11-8-6-4-2)19-23-18-17-22-16-15-21/h20-21H,3-19H2,1-2H3. The lowest BCUT2D eigenvalue weighted by Gasteiger charge is -2.17. The Kier molecular flexibility index (Phi) is 19.8. The third kappa shape index (κ3) is 18.1. The molecule has 1 N–H and O–H groups in total. The normalized spacial score (nSPS) is 12.7. The maximum atomic E-state index is 8.66. The van der Waals surface area contributed by atoms with Crippen molar-refractivity contribution in [1.82, 2.24) is 0 Å². The molecule has 3 nitrogen and oxygen atoms in total. The molecule has 0 aliphatic rings. The van der Waals surface area contributed by atoms with E-state index >= 15 is 0 Å². The van der Waals surface area contributed by atoms with E-state index in [2.05, 4.69) is 13.8 Å². The first-order chi connectivity index (χ1) is 11.3. The third-order valence-corrected chi connectivity index (χ3v) is 4.39. The molecule has 0 heterocycles. The number of ether oxygens (including phenoxy) is 2. The summed E-state index contributed by atoms with van der Waals surface area (Å²) in [7, 11) is 0. The Morgan fingerprint density at radius 3 is 1.78 bits per heavy atom. The van der Waals surface area contributed by atoms with Gasteiger partial charge in [0.25, 0.3) is 0 Å². The summed E-state index contributed by atoms with van der Waals surface area (Å²) in [5, 5.41) is 8.66. The second kappa shape index (κ2) is 19.9. The van der Waals surface area contributed by atoms with E-state index < -0.39 is 0 Å². The van der Waals surface area contributed by atoms with Gasteiger partial charge < -0.3 is 14.6 Å². The van der Waals surface area contributed by atoms with Crippen LogP contribution in [0.2, 0.25) is 0 Å². The molecule has 0 saturated heterocycles. The van der Waals surface area contributed by atoms with E-state index in [4.69, 9.17) is 14.6 Å². The van der Waals surface area contributed by atoms with Crippen LogP contribution in [0.5, 0.6) is 0 Å². The molecule has 0 aromatic heterocycles. The molecule has 0 aromatic rings. The smallest absolute Gasteiger partial charge is 0.0701 e. The molecule has 140 valence electrons. The van der Waals surface area contributed by atoms with Gasteiger partial charge in [0.2, 0.25) is 0 Å². The van der Waals surface area contributed by atoms with Crippen LogP contribution in [0, 0.1) is 5.92 Å². The number of rotatable bonds is 19. The van der Waals surface area contributed by atoms with Gasteiger partial charge in [-0.2, -0.15) is 0 Å². The zero-order valence-electron chi connectivity index (χ0n) is 15.9. The highest BCUT2D eigenvalue weighted by Gasteiger charge is 2.09. The fourth-order valence-corrected chi connectivity index (χ4v) is 2.92. The zero-order chi connectivity index (χ0) is 17.0. The molecule has 0 radical (unpaired) electrons. The van der Waals surface area contributed by atoms with Crippen molar-refractivity contribution in [2.75, 3.05) is 33.0 Å². The van der Waals surface area contributed by atoms with Crippen LogP contribution in [-0.2, 0) is 9.47 Å². The Labute approximate surface area is 145 Å². The summed E-state index contributed by atoms with van der Waals surface area (Å²) in [6.45, 7) is 7.18. The van der Waals surface area contributed by atoms with Gasteiger partial charge in [-0.3, -0.25) is 0 Å². The van der Waals surface area contributed by atoms with Gasteiger partial charge in [0.05, 0.1) is 26.4 Å². The minimum Gasteiger partial charge on any atom is -0.394 e. The van der Waals surface area contributed by atoms with Gasteiger partial charge in [-0.25, -0.2) is 0 Å². The summed E-state index contributed by atoms with van der Waals surface area (Å²) >= 11 is 0. The summed E-state index contributed by atoms with van der Waals surface area (Å²) in [6, 6.07) is 0. The van der Waals surface area contributed by atoms with E-state index in [1.165, 1.54) is 77.0 Å². The molecular formula is C20H42O3. The molecule has 1 atom stereocenters. The van der Waals surface area contributed by atoms with E-state index in [1.54, 1.807) is 0 Å². The predicted molar refractivity (Wildman–Crippen MR) is 99.0 cm³/mol. The van der Waals surface area contributed by atoms with Gasteiger partial charge in [-0.05, 0) is 18.8 Å². The monoisotopic (exact) mass is 330 g/mol. The Bertz CT molecular complexity index is 193. The van der Waals surface area contributed by atoms with Crippen molar-refractivity contribution in [3.8, 4) is 0 Å². The first kappa shape index (κ1) is 22.9. The summed E-state index contributed by atoms with van der Waals surface area (Å²) in [6.07, 6.45) is 16.2. The molecule has 0 amide bonds. The molecule has 23 heavy (non-hydrogen) atoms. The van der Waals surface area contributed by atoms with Crippen molar-refractivity contribution in [3.63, 3.8) is 0 Å². The van der Waals surface area contributed by atoms with Crippen LogP contribution in [0.15, 0.2) is 0 Å². The average molecular weight is 331 g/mol. The van der Waals surface area contributed by atoms with Gasteiger partial charge >= 0.3 is 0 Å². The maximum absolute atomic E-state index is 8.66. The number of unbranched alkanes of at least 4 members (excludes halogenated alkanes) is 8. The van der Waals surface area contributed by atoms with Crippen LogP contribution < -0.4 is 0 Å². The van der Waals surface area contributed by atoms with Gasteiger partial charge in [0.1, 0.15) is 0 Å². The van der Waals surface area contributed by atoms with Crippen molar-refractivity contribution in [1.29, 1.82) is 0 Å². The highest BCUT2D eigenvalue weighted by atomic mass is 16.5. The summed E-state index contributed by atoms with van der Waals surface area (Å²) in [4.78, 5) is 0. The molecule has 0 aliphatic heterocycles. The molecule has 1 unspecified atom stereocenters. The van der Waals surface area contributed by atoms with Gasteiger partial charge in [0, 0.05) is 6.61 Å². The maximum Gasteiger partial charge on any atom is 0.0701 e. The highest BCUT2D eigenvalue weighted by molar-refractivity contribution is 4.60. The molecule has 0 rings (SSSR count). The third-order valence-electron chi connectivity index (χ3n) is 4.39. The van der Waals surface area contributed by atoms with Crippen LogP contribution in [0.1, 0.15) is 90.9 Å². The average Bonchev–Trinajstić information content (AvgIpc) is 2.57. The van der Waals surface area contributed by atoms with Gasteiger partial charge in [0.15, 0.2) is 0 Å². The lowest BCUT2D eigenvalue weighted by atomic mass is 9.95. The second-order valence-electron chi connectivity index (χ2n) is 6.68. The minimum atomic E-state index is 0.0953. The molecule has 0 aliphatic carbocycles. The van der Waals surface area contributed by atoms with Crippen LogP contribution >= 0.6 is 0 Å². The SMILES string of the molecule is CCCCCCCCC(CCCCCC)COCCOCCO. The Morgan fingerprint density at radius 2 is 1.17 bits per heavy atom. The lowest BCUT2D eigenvalue weighted by Crippen LogP contribution is -2.14. The number of hydrogen-bond acceptors (Lipinski definition) is 3. The van der Waals surface area contributed by atoms with Crippen LogP contribution in [0.3, 0.4) is 0 Å². The molecule has 0 bridgehead atoms. The second-order valence-corrected chi connectivity index (χ2v) is 6.68. The van der Waals surface area contributed by atoms with E-state index in [0.717, 1.165) is 12.5 Å². The van der Waals surface area contributed by atoms with Crippen molar-refractivity contribution < 1.29 is 14.6 Å². The van der Waals surface area contributed by atoms with Crippen LogP contribution in [-0.4, -0.2) is 38.1 Å². The zero-order valence-corrected chi connectivity index (χ0v) is 15.9. The largest absolute Gasteiger partial charge is 0.394 e. The Hall–Kier alpha value is -0.120. The molecule has 0 spiro atoms. The fourth-order valence-electron chi connectivity index (χ4n) is 2.92. The van der Waals surface area contributed by atoms with Crippen LogP contribution in [0.4, 0.5) is 0 Å². The quantitative estimate of drug-likeness (QED) is 0.324. The van der Waals surface area contributed by atoms with E-state index in [9.17, 15) is 0 Å². The lowest BCUT2D eigenvalue weighted by molar-refractivity contribution is 0.0195. The molecule has 0 aromatic carbocycles. The molecular weight excluding hydrogens is 288 g/mol. The van der Waals surface area contributed by atoms with Crippen LogP contribution in [0.25, 0.3) is 0 Å². The first-order valence-electron chi connectivity index (χ1n) is 10.1. The Balaban J connectivity index is 3.70. The van der Waals surface area contributed by atoms with E-state index in [0.29, 0.717) is 19.8 Å². The summed E-state index contributed by atoms with van der Waals surface area (Å²) < 4.78 is 11.0. The Morgan fingerprint density at radius 1 is 0.652 bits per heavy atom. The topological polar surface area (TPSA) is 38.7 Å². The molecule has 0 fully saturated rings. The summed E-state index contributed by atoms with van der Waals surface area (Å²) in [5.41, 5.74) is 0.